The number of alkyl halides is 2. The van der Waals surface area contributed by atoms with E-state index in [9.17, 15) is 13.6 Å². The largest absolute Gasteiger partial charge is 0.363 e. The number of rotatable bonds is 8. The van der Waals surface area contributed by atoms with E-state index in [0.29, 0.717) is 46.7 Å². The lowest BCUT2D eigenvalue weighted by atomic mass is 9.86. The van der Waals surface area contributed by atoms with Crippen LogP contribution in [0.25, 0.3) is 0 Å². The lowest BCUT2D eigenvalue weighted by Gasteiger charge is -2.29. The number of anilines is 2. The Kier molecular flexibility index (Phi) is 7.84. The third kappa shape index (κ3) is 6.29. The average Bonchev–Trinajstić information content (AvgIpc) is 2.73. The highest BCUT2D eigenvalue weighted by Crippen LogP contribution is 2.29. The van der Waals surface area contributed by atoms with Gasteiger partial charge in [-0.25, -0.2) is 4.98 Å². The Balaban J connectivity index is 1.46. The fourth-order valence-corrected chi connectivity index (χ4v) is 4.18. The molecule has 0 atom stereocenters. The number of carbonyl (C=O) groups excluding carboxylic acids is 1. The second-order valence-electron chi connectivity index (χ2n) is 7.58. The average molecular weight is 436 g/mol. The lowest BCUT2D eigenvalue weighted by Crippen LogP contribution is -2.34. The first-order valence-electron chi connectivity index (χ1n) is 10.0. The van der Waals surface area contributed by atoms with Crippen molar-refractivity contribution in [2.24, 2.45) is 5.92 Å². The first-order chi connectivity index (χ1) is 14.4. The molecule has 1 aliphatic rings. The van der Waals surface area contributed by atoms with Gasteiger partial charge in [0.25, 0.3) is 11.7 Å². The molecule has 9 heteroatoms. The van der Waals surface area contributed by atoms with E-state index in [1.165, 1.54) is 0 Å². The number of carbonyl (C=O) groups is 1. The van der Waals surface area contributed by atoms with Gasteiger partial charge in [0.05, 0.1) is 5.56 Å². The van der Waals surface area contributed by atoms with Crippen LogP contribution in [0.15, 0.2) is 41.4 Å². The summed E-state index contributed by atoms with van der Waals surface area (Å²) in [4.78, 5) is 23.5. The normalized spacial score (nSPS) is 18.8. The van der Waals surface area contributed by atoms with E-state index in [1.807, 2.05) is 25.1 Å². The van der Waals surface area contributed by atoms with Gasteiger partial charge in [-0.2, -0.15) is 13.8 Å². The summed E-state index contributed by atoms with van der Waals surface area (Å²) in [7, 11) is 3.88. The molecule has 0 radical (unpaired) electrons. The molecule has 0 aliphatic heterocycles. The number of halogens is 2. The monoisotopic (exact) mass is 435 g/mol. The summed E-state index contributed by atoms with van der Waals surface area (Å²) in [6.07, 6.45) is 5.62. The zero-order valence-electron chi connectivity index (χ0n) is 17.1. The summed E-state index contributed by atoms with van der Waals surface area (Å²) in [5.41, 5.74) is 0.302. The van der Waals surface area contributed by atoms with Crippen LogP contribution in [0.4, 0.5) is 20.5 Å². The van der Waals surface area contributed by atoms with Crippen molar-refractivity contribution in [3.05, 3.63) is 42.1 Å². The molecule has 2 aromatic rings. The Morgan fingerprint density at radius 1 is 1.20 bits per heavy atom. The predicted molar refractivity (Wildman–Crippen MR) is 116 cm³/mol. The van der Waals surface area contributed by atoms with Crippen LogP contribution in [-0.2, 0) is 0 Å². The maximum absolute atomic E-state index is 12.7. The summed E-state index contributed by atoms with van der Waals surface area (Å²) in [5.74, 6) is -0.992. The fraction of sp³-hybridized carbons (Fsp3) is 0.476. The summed E-state index contributed by atoms with van der Waals surface area (Å²) < 4.78 is 25.4. The molecule has 1 amide bonds. The van der Waals surface area contributed by atoms with E-state index < -0.39 is 5.76 Å². The van der Waals surface area contributed by atoms with Crippen molar-refractivity contribution < 1.29 is 13.6 Å². The third-order valence-corrected chi connectivity index (χ3v) is 5.97. The van der Waals surface area contributed by atoms with Crippen molar-refractivity contribution in [2.75, 3.05) is 30.9 Å². The second kappa shape index (κ2) is 10.6. The van der Waals surface area contributed by atoms with Gasteiger partial charge in [0.2, 0.25) is 5.95 Å². The first-order valence-corrected chi connectivity index (χ1v) is 10.9. The highest BCUT2D eigenvalue weighted by molar-refractivity contribution is 7.99. The van der Waals surface area contributed by atoms with Crippen molar-refractivity contribution in [1.82, 2.24) is 15.3 Å². The number of nitrogens with one attached hydrogen (secondary N) is 2. The minimum absolute atomic E-state index is 0.298. The van der Waals surface area contributed by atoms with Crippen LogP contribution >= 0.6 is 11.8 Å². The van der Waals surface area contributed by atoms with Crippen molar-refractivity contribution in [2.45, 2.75) is 42.4 Å². The van der Waals surface area contributed by atoms with E-state index in [-0.39, 0.29) is 5.91 Å². The van der Waals surface area contributed by atoms with E-state index in [2.05, 4.69) is 20.6 Å². The standard InChI is InChI=1S/C21H27F2N5OS/c1-28(2)18-11-12-24-21(27-18)26-15-9-7-14(8-10-15)13-25-19(29)16-5-3-4-6-17(16)30-20(22)23/h3-6,11-12,14-15,20H,7-10,13H2,1-2H3,(H,25,29)(H,24,26,27). The van der Waals surface area contributed by atoms with E-state index >= 15 is 0 Å². The topological polar surface area (TPSA) is 70.2 Å². The van der Waals surface area contributed by atoms with Gasteiger partial charge in [-0.15, -0.1) is 0 Å². The van der Waals surface area contributed by atoms with Gasteiger partial charge >= 0.3 is 0 Å². The number of benzene rings is 1. The molecule has 1 aromatic carbocycles. The van der Waals surface area contributed by atoms with Gasteiger partial charge in [0.1, 0.15) is 5.82 Å². The SMILES string of the molecule is CN(C)c1ccnc(NC2CCC(CNC(=O)c3ccccc3SC(F)F)CC2)n1. The number of aromatic nitrogens is 2. The zero-order chi connectivity index (χ0) is 21.5. The maximum Gasteiger partial charge on any atom is 0.288 e. The Labute approximate surface area is 179 Å². The molecule has 2 N–H and O–H groups in total. The van der Waals surface area contributed by atoms with Crippen molar-refractivity contribution >= 4 is 29.4 Å². The van der Waals surface area contributed by atoms with Gasteiger partial charge in [-0.05, 0) is 49.8 Å². The number of hydrogen-bond acceptors (Lipinski definition) is 6. The molecular weight excluding hydrogens is 408 g/mol. The smallest absolute Gasteiger partial charge is 0.288 e. The number of thioether (sulfide) groups is 1. The molecule has 3 rings (SSSR count). The molecule has 1 heterocycles. The first kappa shape index (κ1) is 22.3. The molecule has 162 valence electrons. The quantitative estimate of drug-likeness (QED) is 0.604. The van der Waals surface area contributed by atoms with Gasteiger partial charge in [0, 0.05) is 37.8 Å². The van der Waals surface area contributed by atoms with E-state index in [4.69, 9.17) is 0 Å². The van der Waals surface area contributed by atoms with Gasteiger partial charge < -0.3 is 15.5 Å². The van der Waals surface area contributed by atoms with Gasteiger partial charge in [-0.1, -0.05) is 23.9 Å². The number of hydrogen-bond donors (Lipinski definition) is 2. The van der Waals surface area contributed by atoms with Gasteiger partial charge in [-0.3, -0.25) is 4.79 Å². The maximum atomic E-state index is 12.7. The molecule has 30 heavy (non-hydrogen) atoms. The summed E-state index contributed by atoms with van der Waals surface area (Å²) >= 11 is 0.401. The highest BCUT2D eigenvalue weighted by atomic mass is 32.2. The minimum atomic E-state index is -2.55. The lowest BCUT2D eigenvalue weighted by molar-refractivity contribution is 0.0940. The molecule has 1 aromatic heterocycles. The summed E-state index contributed by atoms with van der Waals surface area (Å²) in [5, 5.41) is 6.32. The number of amides is 1. The molecule has 1 aliphatic carbocycles. The molecular formula is C21H27F2N5OS. The van der Waals surface area contributed by atoms with Crippen LogP contribution in [-0.4, -0.2) is 48.3 Å². The number of nitrogens with zero attached hydrogens (tertiary/aromatic N) is 3. The molecule has 1 saturated carbocycles. The van der Waals surface area contributed by atoms with Crippen molar-refractivity contribution in [1.29, 1.82) is 0 Å². The third-order valence-electron chi connectivity index (χ3n) is 5.18. The minimum Gasteiger partial charge on any atom is -0.363 e. The van der Waals surface area contributed by atoms with Gasteiger partial charge in [0.15, 0.2) is 0 Å². The fourth-order valence-electron chi connectivity index (χ4n) is 3.55. The summed E-state index contributed by atoms with van der Waals surface area (Å²) in [6.45, 7) is 0.547. The molecule has 0 saturated heterocycles. The molecule has 6 nitrogen and oxygen atoms in total. The molecule has 0 bridgehead atoms. The zero-order valence-corrected chi connectivity index (χ0v) is 18.0. The van der Waals surface area contributed by atoms with Crippen molar-refractivity contribution in [3.63, 3.8) is 0 Å². The highest BCUT2D eigenvalue weighted by Gasteiger charge is 2.23. The second-order valence-corrected chi connectivity index (χ2v) is 8.61. The summed E-state index contributed by atoms with van der Waals surface area (Å²) in [6, 6.07) is 8.65. The van der Waals surface area contributed by atoms with Crippen LogP contribution < -0.4 is 15.5 Å². The van der Waals surface area contributed by atoms with Crippen LogP contribution in [0, 0.1) is 5.92 Å². The van der Waals surface area contributed by atoms with E-state index in [1.54, 1.807) is 30.5 Å². The Hall–Kier alpha value is -2.42. The van der Waals surface area contributed by atoms with Crippen LogP contribution in [0.1, 0.15) is 36.0 Å². The molecule has 0 unspecified atom stereocenters. The molecule has 0 spiro atoms. The Morgan fingerprint density at radius 3 is 2.63 bits per heavy atom. The van der Waals surface area contributed by atoms with Crippen LogP contribution in [0.2, 0.25) is 0 Å². The van der Waals surface area contributed by atoms with Crippen LogP contribution in [0.3, 0.4) is 0 Å². The Bertz CT molecular complexity index is 844. The van der Waals surface area contributed by atoms with Crippen molar-refractivity contribution in [3.8, 4) is 0 Å². The molecule has 1 fully saturated rings. The van der Waals surface area contributed by atoms with E-state index in [0.717, 1.165) is 31.5 Å². The predicted octanol–water partition coefficient (Wildman–Crippen LogP) is 4.26. The van der Waals surface area contributed by atoms with Crippen LogP contribution in [0.5, 0.6) is 0 Å². The Morgan fingerprint density at radius 2 is 1.93 bits per heavy atom.